The van der Waals surface area contributed by atoms with Gasteiger partial charge >= 0.3 is 0 Å². The summed E-state index contributed by atoms with van der Waals surface area (Å²) in [6.07, 6.45) is 0.785. The van der Waals surface area contributed by atoms with E-state index in [1.54, 1.807) is 16.6 Å². The van der Waals surface area contributed by atoms with E-state index in [0.29, 0.717) is 12.2 Å². The molecular weight excluding hydrogens is 240 g/mol. The van der Waals surface area contributed by atoms with Crippen molar-refractivity contribution in [2.24, 2.45) is 12.8 Å². The van der Waals surface area contributed by atoms with Crippen molar-refractivity contribution in [1.29, 1.82) is 0 Å². The molecule has 0 radical (unpaired) electrons. The lowest BCUT2D eigenvalue weighted by Crippen LogP contribution is -2.36. The minimum atomic E-state index is -0.0576. The number of carbonyl (C=O) groups excluding carboxylic acids is 1. The summed E-state index contributed by atoms with van der Waals surface area (Å²) >= 11 is 0. The Morgan fingerprint density at radius 3 is 2.84 bits per heavy atom. The van der Waals surface area contributed by atoms with E-state index in [1.165, 1.54) is 0 Å². The number of rotatable bonds is 4. The Hall–Kier alpha value is -1.88. The van der Waals surface area contributed by atoms with Gasteiger partial charge in [-0.2, -0.15) is 5.10 Å². The molecule has 19 heavy (non-hydrogen) atoms. The minimum Gasteiger partial charge on any atom is -0.338 e. The van der Waals surface area contributed by atoms with Crippen LogP contribution in [-0.2, 0) is 7.05 Å². The Bertz CT molecular complexity index is 590. The lowest BCUT2D eigenvalue weighted by Gasteiger charge is -2.23. The highest BCUT2D eigenvalue weighted by atomic mass is 16.2. The standard InChI is InChI=1S/C14H20N4O/c1-10(8-9-15)17(2)14(19)13-11-6-4-5-7-12(11)18(3)16-13/h4-7,10H,8-9,15H2,1-3H3. The molecule has 0 spiro atoms. The molecule has 2 rings (SSSR count). The molecule has 0 saturated heterocycles. The summed E-state index contributed by atoms with van der Waals surface area (Å²) < 4.78 is 1.74. The van der Waals surface area contributed by atoms with Crippen LogP contribution in [0.5, 0.6) is 0 Å². The summed E-state index contributed by atoms with van der Waals surface area (Å²) in [7, 11) is 3.65. The Morgan fingerprint density at radius 2 is 2.16 bits per heavy atom. The average Bonchev–Trinajstić information content (AvgIpc) is 2.75. The van der Waals surface area contributed by atoms with Crippen LogP contribution in [0.4, 0.5) is 0 Å². The number of aryl methyl sites for hydroxylation is 1. The number of fused-ring (bicyclic) bond motifs is 1. The number of carbonyl (C=O) groups is 1. The van der Waals surface area contributed by atoms with Gasteiger partial charge in [0.05, 0.1) is 5.52 Å². The SMILES string of the molecule is CC(CCN)N(C)C(=O)c1nn(C)c2ccccc12. The molecule has 2 aromatic rings. The van der Waals surface area contributed by atoms with Crippen LogP contribution in [0.1, 0.15) is 23.8 Å². The predicted molar refractivity (Wildman–Crippen MR) is 75.9 cm³/mol. The van der Waals surface area contributed by atoms with Crippen molar-refractivity contribution in [2.45, 2.75) is 19.4 Å². The quantitative estimate of drug-likeness (QED) is 0.903. The van der Waals surface area contributed by atoms with E-state index >= 15 is 0 Å². The highest BCUT2D eigenvalue weighted by molar-refractivity contribution is 6.04. The zero-order valence-electron chi connectivity index (χ0n) is 11.6. The molecule has 2 N–H and O–H groups in total. The monoisotopic (exact) mass is 260 g/mol. The van der Waals surface area contributed by atoms with Crippen molar-refractivity contribution >= 4 is 16.8 Å². The third kappa shape index (κ3) is 2.46. The molecule has 0 aliphatic rings. The lowest BCUT2D eigenvalue weighted by molar-refractivity contribution is 0.0734. The highest BCUT2D eigenvalue weighted by Crippen LogP contribution is 2.19. The van der Waals surface area contributed by atoms with Crippen molar-refractivity contribution in [3.8, 4) is 0 Å². The molecule has 0 fully saturated rings. The third-order valence-corrected chi connectivity index (χ3v) is 3.53. The summed E-state index contributed by atoms with van der Waals surface area (Å²) in [6, 6.07) is 7.86. The normalized spacial score (nSPS) is 12.6. The summed E-state index contributed by atoms with van der Waals surface area (Å²) in [5, 5.41) is 5.24. The molecule has 1 unspecified atom stereocenters. The van der Waals surface area contributed by atoms with Crippen LogP contribution in [0.25, 0.3) is 10.9 Å². The van der Waals surface area contributed by atoms with E-state index in [0.717, 1.165) is 17.3 Å². The predicted octanol–water partition coefficient (Wildman–Crippen LogP) is 1.38. The lowest BCUT2D eigenvalue weighted by atomic mass is 10.1. The summed E-state index contributed by atoms with van der Waals surface area (Å²) in [6.45, 7) is 2.57. The number of amides is 1. The van der Waals surface area contributed by atoms with E-state index in [1.807, 2.05) is 38.2 Å². The van der Waals surface area contributed by atoms with Crippen LogP contribution < -0.4 is 5.73 Å². The van der Waals surface area contributed by atoms with E-state index < -0.39 is 0 Å². The Kier molecular flexibility index (Phi) is 3.85. The maximum absolute atomic E-state index is 12.5. The molecule has 0 saturated carbocycles. The first-order valence-electron chi connectivity index (χ1n) is 6.45. The zero-order chi connectivity index (χ0) is 14.0. The van der Waals surface area contributed by atoms with Gasteiger partial charge in [-0.3, -0.25) is 9.48 Å². The number of aromatic nitrogens is 2. The number of nitrogens with zero attached hydrogens (tertiary/aromatic N) is 3. The van der Waals surface area contributed by atoms with Gasteiger partial charge in [0, 0.05) is 25.5 Å². The van der Waals surface area contributed by atoms with Crippen LogP contribution in [-0.4, -0.2) is 40.2 Å². The smallest absolute Gasteiger partial charge is 0.274 e. The molecule has 1 atom stereocenters. The van der Waals surface area contributed by atoms with Gasteiger partial charge in [-0.05, 0) is 26.0 Å². The molecule has 0 aliphatic heterocycles. The minimum absolute atomic E-state index is 0.0576. The fourth-order valence-corrected chi connectivity index (χ4v) is 2.17. The second-order valence-corrected chi connectivity index (χ2v) is 4.83. The number of para-hydroxylation sites is 1. The first kappa shape index (κ1) is 13.5. The van der Waals surface area contributed by atoms with Crippen LogP contribution in [0.15, 0.2) is 24.3 Å². The Morgan fingerprint density at radius 1 is 1.47 bits per heavy atom. The first-order valence-corrected chi connectivity index (χ1v) is 6.45. The molecule has 0 aliphatic carbocycles. The number of nitrogens with two attached hydrogens (primary N) is 1. The van der Waals surface area contributed by atoms with Crippen molar-refractivity contribution in [3.05, 3.63) is 30.0 Å². The molecule has 5 heteroatoms. The second kappa shape index (κ2) is 5.40. The summed E-state index contributed by atoms with van der Waals surface area (Å²) in [4.78, 5) is 14.2. The van der Waals surface area contributed by atoms with Gasteiger partial charge in [-0.25, -0.2) is 0 Å². The Labute approximate surface area is 113 Å². The highest BCUT2D eigenvalue weighted by Gasteiger charge is 2.22. The largest absolute Gasteiger partial charge is 0.338 e. The van der Waals surface area contributed by atoms with Crippen LogP contribution in [0.2, 0.25) is 0 Å². The van der Waals surface area contributed by atoms with E-state index in [4.69, 9.17) is 5.73 Å². The first-order chi connectivity index (χ1) is 9.06. The van der Waals surface area contributed by atoms with E-state index in [2.05, 4.69) is 5.10 Å². The van der Waals surface area contributed by atoms with Gasteiger partial charge in [0.1, 0.15) is 0 Å². The topological polar surface area (TPSA) is 64.2 Å². The maximum Gasteiger partial charge on any atom is 0.274 e. The van der Waals surface area contributed by atoms with Crippen LogP contribution in [0.3, 0.4) is 0 Å². The number of hydrogen-bond acceptors (Lipinski definition) is 3. The molecular formula is C14H20N4O. The molecule has 0 bridgehead atoms. The third-order valence-electron chi connectivity index (χ3n) is 3.53. The maximum atomic E-state index is 12.5. The van der Waals surface area contributed by atoms with Crippen LogP contribution >= 0.6 is 0 Å². The van der Waals surface area contributed by atoms with Gasteiger partial charge in [-0.1, -0.05) is 18.2 Å². The fourth-order valence-electron chi connectivity index (χ4n) is 2.17. The van der Waals surface area contributed by atoms with Crippen molar-refractivity contribution < 1.29 is 4.79 Å². The molecule has 5 nitrogen and oxygen atoms in total. The van der Waals surface area contributed by atoms with Gasteiger partial charge in [0.2, 0.25) is 0 Å². The summed E-state index contributed by atoms with van der Waals surface area (Å²) in [5.41, 5.74) is 7.01. The van der Waals surface area contributed by atoms with E-state index in [9.17, 15) is 4.79 Å². The molecule has 1 aromatic carbocycles. The number of benzene rings is 1. The van der Waals surface area contributed by atoms with Gasteiger partial charge < -0.3 is 10.6 Å². The molecule has 1 aromatic heterocycles. The van der Waals surface area contributed by atoms with Crippen molar-refractivity contribution in [3.63, 3.8) is 0 Å². The summed E-state index contributed by atoms with van der Waals surface area (Å²) in [5.74, 6) is -0.0576. The van der Waals surface area contributed by atoms with Gasteiger partial charge in [0.15, 0.2) is 5.69 Å². The van der Waals surface area contributed by atoms with E-state index in [-0.39, 0.29) is 11.9 Å². The zero-order valence-corrected chi connectivity index (χ0v) is 11.6. The molecule has 1 amide bonds. The second-order valence-electron chi connectivity index (χ2n) is 4.83. The van der Waals surface area contributed by atoms with Gasteiger partial charge in [0.25, 0.3) is 5.91 Å². The Balaban J connectivity index is 2.36. The van der Waals surface area contributed by atoms with Crippen molar-refractivity contribution in [2.75, 3.05) is 13.6 Å². The average molecular weight is 260 g/mol. The van der Waals surface area contributed by atoms with Gasteiger partial charge in [-0.15, -0.1) is 0 Å². The molecule has 1 heterocycles. The molecule has 102 valence electrons. The number of hydrogen-bond donors (Lipinski definition) is 1. The van der Waals surface area contributed by atoms with Crippen LogP contribution in [0, 0.1) is 0 Å². The van der Waals surface area contributed by atoms with Crippen molar-refractivity contribution in [1.82, 2.24) is 14.7 Å². The fraction of sp³-hybridized carbons (Fsp3) is 0.429.